The highest BCUT2D eigenvalue weighted by Gasteiger charge is 2.59. The Morgan fingerprint density at radius 1 is 0.443 bits per heavy atom. The lowest BCUT2D eigenvalue weighted by Gasteiger charge is -2.60. The molecule has 0 bridgehead atoms. The summed E-state index contributed by atoms with van der Waals surface area (Å²) in [7, 11) is 0. The van der Waals surface area contributed by atoms with Gasteiger partial charge in [-0.15, -0.1) is 0 Å². The number of nitrogens with zero attached hydrogens (tertiary/aromatic N) is 8. The first-order valence-corrected chi connectivity index (χ1v) is 33.4. The number of amides is 4. The molecule has 0 unspecified atom stereocenters. The van der Waals surface area contributed by atoms with Crippen molar-refractivity contribution >= 4 is 52.8 Å². The summed E-state index contributed by atoms with van der Waals surface area (Å²) >= 11 is 0. The lowest BCUT2D eigenvalue weighted by atomic mass is 9.66. The number of carbonyl (C=O) groups is 4. The van der Waals surface area contributed by atoms with Crippen LogP contribution < -0.4 is 57.7 Å². The summed E-state index contributed by atoms with van der Waals surface area (Å²) in [6.07, 6.45) is 28.7. The van der Waals surface area contributed by atoms with Crippen LogP contribution in [0, 0.1) is 0 Å². The molecule has 8 heterocycles. The van der Waals surface area contributed by atoms with Crippen molar-refractivity contribution in [1.82, 2.24) is 44.9 Å². The van der Waals surface area contributed by atoms with E-state index in [1.807, 2.05) is 78.2 Å². The SMILES string of the molecule is CC(C)(C)OC(=O)N1CCC12CC(Oc1ccncc1N)C2.CC(C)(C)OC(=O)N1CCC12CC(Oc1ccncc1N)C2.CC(C)(C)OC(=O)N1CCC[C@@H](Oc2ccncc2N)C1.CC(C)(C)OC(=O)NCCOc1ccncc1N.Nc1cnccc1OC1CCCCC1. The van der Waals surface area contributed by atoms with Crippen LogP contribution in [0.2, 0.25) is 0 Å². The highest BCUT2D eigenvalue weighted by atomic mass is 16.6. The maximum absolute atomic E-state index is 12.2. The lowest BCUT2D eigenvalue weighted by molar-refractivity contribution is -0.122. The van der Waals surface area contributed by atoms with Gasteiger partial charge in [0.15, 0.2) is 0 Å². The van der Waals surface area contributed by atoms with E-state index in [2.05, 4.69) is 30.2 Å². The first kappa shape index (κ1) is 75.2. The van der Waals surface area contributed by atoms with E-state index in [-0.39, 0.29) is 47.7 Å². The Balaban J connectivity index is 0.000000172. The molecule has 532 valence electrons. The molecule has 6 fully saturated rings. The highest BCUT2D eigenvalue weighted by Crippen LogP contribution is 2.51. The smallest absolute Gasteiger partial charge is 0.410 e. The number of carbonyl (C=O) groups excluding carboxylic acids is 4. The molecular formula is C70H104N14O13. The van der Waals surface area contributed by atoms with E-state index in [4.69, 9.17) is 71.3 Å². The first-order valence-electron chi connectivity index (χ1n) is 33.4. The third-order valence-corrected chi connectivity index (χ3v) is 16.2. The molecule has 1 atom stereocenters. The molecule has 11 N–H and O–H groups in total. The third kappa shape index (κ3) is 23.6. The van der Waals surface area contributed by atoms with Crippen molar-refractivity contribution in [2.24, 2.45) is 0 Å². The van der Waals surface area contributed by atoms with Gasteiger partial charge in [-0.1, -0.05) is 6.42 Å². The number of rotatable bonds is 12. The molecule has 3 aliphatic carbocycles. The Morgan fingerprint density at radius 2 is 0.784 bits per heavy atom. The molecule has 27 nitrogen and oxygen atoms in total. The minimum absolute atomic E-state index is 0.0732. The standard InChI is InChI=1S/2C16H23N3O3.C15H23N3O3.C12H19N3O3.C11H16N2O/c2*1-15(2,3)22-14(20)19-7-5-16(19)8-11(9-16)21-13-4-6-18-10-12(13)17;1-15(2,3)21-14(19)18-8-4-5-11(10-18)20-13-6-7-17-9-12(13)16;1-12(2,3)18-11(16)15-6-7-17-10-4-5-14-8-9(10)13;12-10-8-13-7-6-11(10)14-9-4-2-1-3-5-9/h2*4,6,10-11H,5,7-9,17H2,1-3H3;6-7,9,11H,4-5,8,10,16H2,1-3H3;4-5,8H,6-7,13H2,1-3H3,(H,15,16);6-9H,1-5,12H2/t;;11-;;/m..1../s1. The van der Waals surface area contributed by atoms with Crippen molar-refractivity contribution in [3.63, 3.8) is 0 Å². The Bertz CT molecular complexity index is 3250. The lowest BCUT2D eigenvalue weighted by Crippen LogP contribution is -2.70. The van der Waals surface area contributed by atoms with E-state index in [0.717, 1.165) is 83.0 Å². The van der Waals surface area contributed by atoms with Crippen LogP contribution in [0.4, 0.5) is 47.6 Å². The van der Waals surface area contributed by atoms with E-state index >= 15 is 0 Å². The van der Waals surface area contributed by atoms with E-state index in [1.165, 1.54) is 25.5 Å². The zero-order valence-corrected chi connectivity index (χ0v) is 58.7. The first-order chi connectivity index (χ1) is 45.7. The maximum Gasteiger partial charge on any atom is 0.410 e. The van der Waals surface area contributed by atoms with Gasteiger partial charge in [-0.25, -0.2) is 19.2 Å². The normalized spacial score (nSPS) is 21.0. The van der Waals surface area contributed by atoms with Gasteiger partial charge in [0, 0.05) is 107 Å². The number of anilines is 5. The number of piperidine rings is 1. The molecular weight excluding hydrogens is 1240 g/mol. The van der Waals surface area contributed by atoms with Gasteiger partial charge in [0.2, 0.25) is 0 Å². The quantitative estimate of drug-likeness (QED) is 0.0499. The van der Waals surface area contributed by atoms with Crippen LogP contribution in [0.25, 0.3) is 0 Å². The molecule has 27 heteroatoms. The number of aromatic nitrogens is 5. The van der Waals surface area contributed by atoms with E-state index in [0.29, 0.717) is 83.8 Å². The van der Waals surface area contributed by atoms with Crippen molar-refractivity contribution in [2.45, 2.75) is 224 Å². The Hall–Kier alpha value is -9.17. The summed E-state index contributed by atoms with van der Waals surface area (Å²) in [5, 5.41) is 2.59. The summed E-state index contributed by atoms with van der Waals surface area (Å²) in [5.74, 6) is 3.28. The van der Waals surface area contributed by atoms with Crippen LogP contribution in [0.3, 0.4) is 0 Å². The minimum atomic E-state index is -0.500. The van der Waals surface area contributed by atoms with Crippen molar-refractivity contribution in [3.05, 3.63) is 92.3 Å². The molecule has 0 radical (unpaired) electrons. The van der Waals surface area contributed by atoms with Gasteiger partial charge in [-0.3, -0.25) is 24.9 Å². The highest BCUT2D eigenvalue weighted by molar-refractivity contribution is 5.72. The van der Waals surface area contributed by atoms with Crippen LogP contribution in [0.1, 0.15) is 167 Å². The molecule has 3 aliphatic heterocycles. The van der Waals surface area contributed by atoms with Gasteiger partial charge >= 0.3 is 24.4 Å². The van der Waals surface area contributed by atoms with Gasteiger partial charge in [-0.05, 0) is 134 Å². The number of nitrogen functional groups attached to an aromatic ring is 5. The second kappa shape index (κ2) is 33.2. The van der Waals surface area contributed by atoms with Crippen molar-refractivity contribution in [3.8, 4) is 28.7 Å². The predicted molar refractivity (Wildman–Crippen MR) is 370 cm³/mol. The van der Waals surface area contributed by atoms with Crippen LogP contribution in [0.5, 0.6) is 28.7 Å². The second-order valence-electron chi connectivity index (χ2n) is 29.0. The summed E-state index contributed by atoms with van der Waals surface area (Å²) in [5.41, 5.74) is 29.5. The zero-order valence-electron chi connectivity index (χ0n) is 58.7. The summed E-state index contributed by atoms with van der Waals surface area (Å²) in [6, 6.07) is 8.79. The Kier molecular flexibility index (Phi) is 25.7. The average Bonchev–Trinajstić information content (AvgIpc) is 0.734. The Labute approximate surface area is 570 Å². The molecule has 3 saturated carbocycles. The number of likely N-dealkylation sites (tertiary alicyclic amines) is 3. The van der Waals surface area contributed by atoms with E-state index < -0.39 is 28.5 Å². The van der Waals surface area contributed by atoms with E-state index in [1.54, 1.807) is 106 Å². The number of hydrogen-bond acceptors (Lipinski definition) is 23. The topological polar surface area (TPSA) is 368 Å². The molecule has 6 aliphatic rings. The van der Waals surface area contributed by atoms with Gasteiger partial charge in [0.1, 0.15) is 76.1 Å². The van der Waals surface area contributed by atoms with Crippen LogP contribution in [-0.2, 0) is 18.9 Å². The third-order valence-electron chi connectivity index (χ3n) is 16.2. The number of hydrogen-bond donors (Lipinski definition) is 6. The fourth-order valence-electron chi connectivity index (χ4n) is 11.5. The maximum atomic E-state index is 12.2. The molecule has 0 aromatic carbocycles. The number of alkyl carbamates (subject to hydrolysis) is 1. The molecule has 97 heavy (non-hydrogen) atoms. The molecule has 11 rings (SSSR count). The predicted octanol–water partition coefficient (Wildman–Crippen LogP) is 11.6. The molecule has 2 spiro atoms. The van der Waals surface area contributed by atoms with Gasteiger partial charge in [0.05, 0.1) is 89.7 Å². The molecule has 4 amide bonds. The largest absolute Gasteiger partial charge is 0.489 e. The summed E-state index contributed by atoms with van der Waals surface area (Å²) in [6.45, 7) is 25.7. The summed E-state index contributed by atoms with van der Waals surface area (Å²) < 4.78 is 50.3. The van der Waals surface area contributed by atoms with Crippen molar-refractivity contribution in [2.75, 3.05) is 68.0 Å². The Morgan fingerprint density at radius 3 is 1.13 bits per heavy atom. The number of nitrogens with one attached hydrogen (secondary N) is 1. The number of nitrogens with two attached hydrogens (primary N) is 5. The average molecular weight is 1350 g/mol. The second-order valence-corrected chi connectivity index (χ2v) is 29.0. The van der Waals surface area contributed by atoms with Crippen LogP contribution in [0.15, 0.2) is 92.3 Å². The van der Waals surface area contributed by atoms with E-state index in [9.17, 15) is 19.2 Å². The molecule has 3 saturated heterocycles. The van der Waals surface area contributed by atoms with Gasteiger partial charge in [-0.2, -0.15) is 0 Å². The van der Waals surface area contributed by atoms with Crippen molar-refractivity contribution < 1.29 is 61.8 Å². The number of pyridine rings is 5. The monoisotopic (exact) mass is 1350 g/mol. The minimum Gasteiger partial charge on any atom is -0.489 e. The molecule has 5 aromatic heterocycles. The van der Waals surface area contributed by atoms with Crippen LogP contribution in [-0.4, -0.2) is 161 Å². The van der Waals surface area contributed by atoms with Gasteiger partial charge < -0.3 is 91.3 Å². The van der Waals surface area contributed by atoms with Crippen LogP contribution >= 0.6 is 0 Å². The number of ether oxygens (including phenoxy) is 9. The van der Waals surface area contributed by atoms with Crippen molar-refractivity contribution in [1.29, 1.82) is 0 Å². The molecule has 5 aromatic rings. The summed E-state index contributed by atoms with van der Waals surface area (Å²) in [4.78, 5) is 72.8. The fraction of sp³-hybridized carbons (Fsp3) is 0.586. The van der Waals surface area contributed by atoms with Gasteiger partial charge in [0.25, 0.3) is 0 Å². The fourth-order valence-corrected chi connectivity index (χ4v) is 11.5. The zero-order chi connectivity index (χ0) is 70.8.